The number of urea groups is 1. The Morgan fingerprint density at radius 3 is 3.00 bits per heavy atom. The third kappa shape index (κ3) is 3.83. The van der Waals surface area contributed by atoms with Crippen LogP contribution in [0.2, 0.25) is 0 Å². The van der Waals surface area contributed by atoms with Gasteiger partial charge in [-0.25, -0.2) is 9.78 Å². The molecule has 0 saturated carbocycles. The van der Waals surface area contributed by atoms with Crippen LogP contribution < -0.4 is 16.4 Å². The Morgan fingerprint density at radius 2 is 2.30 bits per heavy atom. The molecule has 0 aliphatic heterocycles. The van der Waals surface area contributed by atoms with Gasteiger partial charge in [0, 0.05) is 44.6 Å². The number of nitrogens with two attached hydrogens (primary N) is 1. The van der Waals surface area contributed by atoms with Crippen molar-refractivity contribution in [3.8, 4) is 0 Å². The first-order chi connectivity index (χ1) is 9.69. The molecule has 106 valence electrons. The van der Waals surface area contributed by atoms with Crippen molar-refractivity contribution in [1.29, 1.82) is 0 Å². The Balaban J connectivity index is 1.79. The van der Waals surface area contributed by atoms with Crippen molar-refractivity contribution in [2.75, 3.05) is 11.9 Å². The van der Waals surface area contributed by atoms with Crippen molar-refractivity contribution in [1.82, 2.24) is 14.9 Å². The van der Waals surface area contributed by atoms with E-state index in [2.05, 4.69) is 15.6 Å². The maximum Gasteiger partial charge on any atom is 0.319 e. The number of hydrogen-bond donors (Lipinski definition) is 3. The first-order valence-corrected chi connectivity index (χ1v) is 6.49. The second-order valence-corrected chi connectivity index (χ2v) is 4.49. The molecule has 0 atom stereocenters. The smallest absolute Gasteiger partial charge is 0.319 e. The topological polar surface area (TPSA) is 85.0 Å². The third-order valence-electron chi connectivity index (χ3n) is 2.98. The van der Waals surface area contributed by atoms with E-state index >= 15 is 0 Å². The van der Waals surface area contributed by atoms with Crippen molar-refractivity contribution in [3.05, 3.63) is 48.0 Å². The maximum atomic E-state index is 11.7. The highest BCUT2D eigenvalue weighted by atomic mass is 16.2. The highest BCUT2D eigenvalue weighted by Gasteiger charge is 2.03. The van der Waals surface area contributed by atoms with E-state index in [1.165, 1.54) is 0 Å². The largest absolute Gasteiger partial charge is 0.338 e. The van der Waals surface area contributed by atoms with Crippen LogP contribution in [0.3, 0.4) is 0 Å². The van der Waals surface area contributed by atoms with Gasteiger partial charge in [0.1, 0.15) is 5.82 Å². The van der Waals surface area contributed by atoms with Crippen LogP contribution in [0.1, 0.15) is 11.4 Å². The molecule has 2 rings (SSSR count). The second-order valence-electron chi connectivity index (χ2n) is 4.49. The average molecular weight is 273 g/mol. The summed E-state index contributed by atoms with van der Waals surface area (Å²) in [6.45, 7) is 0.990. The minimum atomic E-state index is -0.228. The molecule has 0 bridgehead atoms. The molecule has 4 N–H and O–H groups in total. The Labute approximate surface area is 118 Å². The van der Waals surface area contributed by atoms with Crippen LogP contribution in [0.25, 0.3) is 0 Å². The van der Waals surface area contributed by atoms with E-state index in [1.807, 2.05) is 42.1 Å². The summed E-state index contributed by atoms with van der Waals surface area (Å²) < 4.78 is 1.93. The van der Waals surface area contributed by atoms with Gasteiger partial charge in [0.15, 0.2) is 0 Å². The fourth-order valence-corrected chi connectivity index (χ4v) is 1.88. The number of aryl methyl sites for hydroxylation is 1. The normalized spacial score (nSPS) is 10.3. The number of imidazole rings is 1. The molecule has 6 heteroatoms. The molecule has 6 nitrogen and oxygen atoms in total. The van der Waals surface area contributed by atoms with Gasteiger partial charge in [0.05, 0.1) is 0 Å². The molecule has 0 aliphatic rings. The summed E-state index contributed by atoms with van der Waals surface area (Å²) in [6, 6.07) is 7.25. The van der Waals surface area contributed by atoms with Crippen LogP contribution in [0.5, 0.6) is 0 Å². The van der Waals surface area contributed by atoms with Crippen LogP contribution >= 0.6 is 0 Å². The molecule has 0 saturated heterocycles. The van der Waals surface area contributed by atoms with Crippen LogP contribution in [0.15, 0.2) is 36.7 Å². The zero-order chi connectivity index (χ0) is 14.4. The summed E-state index contributed by atoms with van der Waals surface area (Å²) in [5.74, 6) is 0.940. The van der Waals surface area contributed by atoms with Gasteiger partial charge in [-0.05, 0) is 17.7 Å². The molecule has 1 aromatic carbocycles. The van der Waals surface area contributed by atoms with Crippen molar-refractivity contribution in [2.45, 2.75) is 13.0 Å². The van der Waals surface area contributed by atoms with Gasteiger partial charge in [-0.3, -0.25) is 0 Å². The Kier molecular flexibility index (Phi) is 4.73. The number of carbonyl (C=O) groups excluding carboxylic acids is 1. The summed E-state index contributed by atoms with van der Waals surface area (Å²) >= 11 is 0. The molecule has 1 aromatic heterocycles. The number of hydrogen-bond acceptors (Lipinski definition) is 3. The number of carbonyl (C=O) groups is 1. The first-order valence-electron chi connectivity index (χ1n) is 6.49. The van der Waals surface area contributed by atoms with E-state index < -0.39 is 0 Å². The lowest BCUT2D eigenvalue weighted by atomic mass is 10.2. The summed E-state index contributed by atoms with van der Waals surface area (Å²) in [6.07, 6.45) is 4.32. The van der Waals surface area contributed by atoms with Gasteiger partial charge < -0.3 is 20.9 Å². The lowest BCUT2D eigenvalue weighted by molar-refractivity contribution is 0.252. The van der Waals surface area contributed by atoms with Crippen molar-refractivity contribution >= 4 is 11.7 Å². The zero-order valence-electron chi connectivity index (χ0n) is 11.5. The molecular weight excluding hydrogens is 254 g/mol. The molecule has 0 spiro atoms. The third-order valence-corrected chi connectivity index (χ3v) is 2.98. The SMILES string of the molecule is Cn1ccnc1CCNC(=O)Nc1cccc(CN)c1. The number of aromatic nitrogens is 2. The number of benzene rings is 1. The molecule has 0 aliphatic carbocycles. The van der Waals surface area contributed by atoms with Gasteiger partial charge in [0.25, 0.3) is 0 Å². The van der Waals surface area contributed by atoms with Gasteiger partial charge in [-0.2, -0.15) is 0 Å². The predicted octanol–water partition coefficient (Wildman–Crippen LogP) is 1.24. The fraction of sp³-hybridized carbons (Fsp3) is 0.286. The second kappa shape index (κ2) is 6.72. The zero-order valence-corrected chi connectivity index (χ0v) is 11.5. The molecule has 0 radical (unpaired) electrons. The minimum absolute atomic E-state index is 0.228. The number of nitrogens with zero attached hydrogens (tertiary/aromatic N) is 2. The summed E-state index contributed by atoms with van der Waals surface area (Å²) in [4.78, 5) is 15.9. The fourth-order valence-electron chi connectivity index (χ4n) is 1.88. The van der Waals surface area contributed by atoms with Crippen molar-refractivity contribution < 1.29 is 4.79 Å². The lowest BCUT2D eigenvalue weighted by Gasteiger charge is -2.08. The monoisotopic (exact) mass is 273 g/mol. The Hall–Kier alpha value is -2.34. The highest BCUT2D eigenvalue weighted by Crippen LogP contribution is 2.09. The van der Waals surface area contributed by atoms with Gasteiger partial charge in [-0.1, -0.05) is 12.1 Å². The van der Waals surface area contributed by atoms with E-state index in [-0.39, 0.29) is 6.03 Å². The molecule has 20 heavy (non-hydrogen) atoms. The van der Waals surface area contributed by atoms with E-state index in [1.54, 1.807) is 6.20 Å². The van der Waals surface area contributed by atoms with E-state index in [9.17, 15) is 4.79 Å². The van der Waals surface area contributed by atoms with Crippen LogP contribution in [0.4, 0.5) is 10.5 Å². The maximum absolute atomic E-state index is 11.7. The Morgan fingerprint density at radius 1 is 1.45 bits per heavy atom. The van der Waals surface area contributed by atoms with E-state index in [0.717, 1.165) is 17.1 Å². The van der Waals surface area contributed by atoms with Crippen LogP contribution in [-0.4, -0.2) is 22.1 Å². The summed E-state index contributed by atoms with van der Waals surface area (Å²) in [7, 11) is 1.93. The number of amides is 2. The Bertz CT molecular complexity index is 578. The first kappa shape index (κ1) is 14.1. The quantitative estimate of drug-likeness (QED) is 0.766. The number of anilines is 1. The standard InChI is InChI=1S/C14H19N5O/c1-19-8-7-16-13(19)5-6-17-14(20)18-12-4-2-3-11(9-12)10-15/h2-4,7-9H,5-6,10,15H2,1H3,(H2,17,18,20). The minimum Gasteiger partial charge on any atom is -0.338 e. The average Bonchev–Trinajstić information content (AvgIpc) is 2.85. The van der Waals surface area contributed by atoms with Crippen molar-refractivity contribution in [3.63, 3.8) is 0 Å². The van der Waals surface area contributed by atoms with Crippen LogP contribution in [-0.2, 0) is 20.0 Å². The molecule has 0 fully saturated rings. The van der Waals surface area contributed by atoms with E-state index in [4.69, 9.17) is 5.73 Å². The molecule has 1 heterocycles. The molecule has 2 amide bonds. The van der Waals surface area contributed by atoms with Gasteiger partial charge >= 0.3 is 6.03 Å². The summed E-state index contributed by atoms with van der Waals surface area (Å²) in [5, 5.41) is 5.58. The summed E-state index contributed by atoms with van der Waals surface area (Å²) in [5.41, 5.74) is 7.28. The molecule has 0 unspecified atom stereocenters. The molecular formula is C14H19N5O. The lowest BCUT2D eigenvalue weighted by Crippen LogP contribution is -2.30. The van der Waals surface area contributed by atoms with Crippen molar-refractivity contribution in [2.24, 2.45) is 12.8 Å². The highest BCUT2D eigenvalue weighted by molar-refractivity contribution is 5.89. The predicted molar refractivity (Wildman–Crippen MR) is 78.3 cm³/mol. The molecule has 2 aromatic rings. The van der Waals surface area contributed by atoms with Gasteiger partial charge in [-0.15, -0.1) is 0 Å². The van der Waals surface area contributed by atoms with E-state index in [0.29, 0.717) is 19.5 Å². The number of rotatable bonds is 5. The van der Waals surface area contributed by atoms with Gasteiger partial charge in [0.2, 0.25) is 0 Å². The van der Waals surface area contributed by atoms with Crippen LogP contribution in [0, 0.1) is 0 Å². The number of nitrogens with one attached hydrogen (secondary N) is 2.